The monoisotopic (exact) mass is 590 g/mol. The summed E-state index contributed by atoms with van der Waals surface area (Å²) < 4.78 is 71.4. The van der Waals surface area contributed by atoms with Crippen LogP contribution in [-0.2, 0) is 16.4 Å². The van der Waals surface area contributed by atoms with Gasteiger partial charge in [0, 0.05) is 42.6 Å². The molecule has 0 aromatic heterocycles. The second kappa shape index (κ2) is 11.4. The van der Waals surface area contributed by atoms with Crippen molar-refractivity contribution in [1.29, 1.82) is 0 Å². The van der Waals surface area contributed by atoms with Gasteiger partial charge < -0.3 is 5.32 Å². The van der Waals surface area contributed by atoms with Crippen molar-refractivity contribution in [2.75, 3.05) is 48.6 Å². The molecular formula is C31H41F3N4O2S. The van der Waals surface area contributed by atoms with Crippen molar-refractivity contribution in [3.8, 4) is 0 Å². The van der Waals surface area contributed by atoms with Gasteiger partial charge >= 0.3 is 0 Å². The molecule has 0 spiro atoms. The molecule has 224 valence electrons. The molecule has 2 unspecified atom stereocenters. The van der Waals surface area contributed by atoms with Gasteiger partial charge in [0.05, 0.1) is 24.5 Å². The van der Waals surface area contributed by atoms with Crippen LogP contribution in [0.25, 0.3) is 0 Å². The van der Waals surface area contributed by atoms with Gasteiger partial charge in [-0.1, -0.05) is 6.07 Å². The number of nitrogens with zero attached hydrogens (tertiary/aromatic N) is 2. The standard InChI is InChI=1S/C31H41F3N4O2S/c1-3-41(39,40)36-23-5-6-27-20(14-23)11-19(2)38(10-7-26-21-12-22(26)13-21)31(27)30-28(33)15-24(16-29(30)34)35-25-17-37(18-25)9-4-8-32/h5-6,14-16,19,21-22,25-26,31,35-36H,3-4,7-13,17-18H2,1-2H3. The zero-order valence-electron chi connectivity index (χ0n) is 23.9. The molecule has 2 aromatic rings. The molecule has 4 fully saturated rings. The molecule has 0 radical (unpaired) electrons. The van der Waals surface area contributed by atoms with Crippen molar-refractivity contribution in [2.45, 2.75) is 64.1 Å². The first-order valence-corrected chi connectivity index (χ1v) is 16.7. The summed E-state index contributed by atoms with van der Waals surface area (Å²) in [7, 11) is -3.45. The number of benzene rings is 2. The number of rotatable bonds is 12. The fourth-order valence-electron chi connectivity index (χ4n) is 7.37. The molecule has 2 aliphatic heterocycles. The van der Waals surface area contributed by atoms with Crippen molar-refractivity contribution in [3.63, 3.8) is 0 Å². The summed E-state index contributed by atoms with van der Waals surface area (Å²) >= 11 is 0. The summed E-state index contributed by atoms with van der Waals surface area (Å²) in [6, 6.07) is 7.64. The van der Waals surface area contributed by atoms with Gasteiger partial charge in [0.1, 0.15) is 11.6 Å². The van der Waals surface area contributed by atoms with E-state index in [9.17, 15) is 12.8 Å². The average Bonchev–Trinajstić information content (AvgIpc) is 2.84. The van der Waals surface area contributed by atoms with Crippen LogP contribution in [0.5, 0.6) is 0 Å². The molecule has 1 saturated heterocycles. The third-order valence-electron chi connectivity index (χ3n) is 9.94. The van der Waals surface area contributed by atoms with Crippen molar-refractivity contribution < 1.29 is 21.6 Å². The normalized spacial score (nSPS) is 27.9. The lowest BCUT2D eigenvalue weighted by molar-refractivity contribution is -0.0909. The SMILES string of the molecule is CCS(=O)(=O)Nc1ccc2c(c1)CC(C)N(CCC1C3CC1C3)C2c1c(F)cc(NC2CN(CCCF)C2)cc1F. The zero-order chi connectivity index (χ0) is 28.9. The lowest BCUT2D eigenvalue weighted by Gasteiger charge is -2.59. The molecule has 2 aromatic carbocycles. The topological polar surface area (TPSA) is 64.7 Å². The van der Waals surface area contributed by atoms with Crippen LogP contribution >= 0.6 is 0 Å². The van der Waals surface area contributed by atoms with Gasteiger partial charge in [-0.15, -0.1) is 0 Å². The molecule has 41 heavy (non-hydrogen) atoms. The van der Waals surface area contributed by atoms with Crippen molar-refractivity contribution >= 4 is 21.4 Å². The smallest absolute Gasteiger partial charge is 0.232 e. The summed E-state index contributed by atoms with van der Waals surface area (Å²) in [5.74, 6) is 1.16. The molecule has 2 bridgehead atoms. The highest BCUT2D eigenvalue weighted by Gasteiger charge is 2.52. The Labute approximate surface area is 241 Å². The molecule has 6 nitrogen and oxygen atoms in total. The van der Waals surface area contributed by atoms with Gasteiger partial charge in [0.15, 0.2) is 0 Å². The molecule has 2 atom stereocenters. The number of likely N-dealkylation sites (tertiary alicyclic amines) is 1. The van der Waals surface area contributed by atoms with Crippen LogP contribution in [0.1, 0.15) is 62.3 Å². The highest BCUT2D eigenvalue weighted by atomic mass is 32.2. The van der Waals surface area contributed by atoms with E-state index in [1.54, 1.807) is 13.0 Å². The van der Waals surface area contributed by atoms with E-state index in [0.29, 0.717) is 30.8 Å². The van der Waals surface area contributed by atoms with Crippen molar-refractivity contribution in [3.05, 3.63) is 58.7 Å². The van der Waals surface area contributed by atoms with Crippen LogP contribution in [0.4, 0.5) is 24.5 Å². The lowest BCUT2D eigenvalue weighted by Crippen LogP contribution is -2.54. The first kappa shape index (κ1) is 28.8. The molecule has 7 rings (SSSR count). The Kier molecular flexibility index (Phi) is 8.02. The summed E-state index contributed by atoms with van der Waals surface area (Å²) in [4.78, 5) is 4.37. The van der Waals surface area contributed by atoms with Crippen LogP contribution in [0.3, 0.4) is 0 Å². The number of halogens is 3. The van der Waals surface area contributed by atoms with E-state index in [-0.39, 0.29) is 30.1 Å². The summed E-state index contributed by atoms with van der Waals surface area (Å²) in [6.07, 6.45) is 4.86. The fraction of sp³-hybridized carbons (Fsp3) is 0.613. The van der Waals surface area contributed by atoms with Gasteiger partial charge in [0.2, 0.25) is 10.0 Å². The van der Waals surface area contributed by atoms with Gasteiger partial charge in [-0.05, 0) is 106 Å². The number of alkyl halides is 1. The highest BCUT2D eigenvalue weighted by Crippen LogP contribution is 2.60. The van der Waals surface area contributed by atoms with E-state index in [1.165, 1.54) is 25.0 Å². The number of nitrogens with one attached hydrogen (secondary N) is 2. The summed E-state index contributed by atoms with van der Waals surface area (Å²) in [5, 5.41) is 3.24. The number of sulfonamides is 1. The molecule has 3 aliphatic carbocycles. The van der Waals surface area contributed by atoms with E-state index in [0.717, 1.165) is 54.9 Å². The molecule has 5 aliphatic rings. The molecule has 3 saturated carbocycles. The van der Waals surface area contributed by atoms with Gasteiger partial charge in [-0.3, -0.25) is 18.9 Å². The van der Waals surface area contributed by atoms with Crippen LogP contribution < -0.4 is 10.0 Å². The summed E-state index contributed by atoms with van der Waals surface area (Å²) in [5.41, 5.74) is 2.66. The van der Waals surface area contributed by atoms with Crippen LogP contribution in [0.2, 0.25) is 0 Å². The summed E-state index contributed by atoms with van der Waals surface area (Å²) in [6.45, 7) is 6.24. The van der Waals surface area contributed by atoms with Crippen LogP contribution in [0.15, 0.2) is 30.3 Å². The molecule has 2 heterocycles. The Balaban J connectivity index is 1.28. The van der Waals surface area contributed by atoms with Crippen LogP contribution in [-0.4, -0.2) is 68.9 Å². The Morgan fingerprint density at radius 2 is 1.71 bits per heavy atom. The Morgan fingerprint density at radius 1 is 1.00 bits per heavy atom. The molecule has 2 N–H and O–H groups in total. The Hall–Kier alpha value is -2.30. The zero-order valence-corrected chi connectivity index (χ0v) is 24.7. The number of fused-ring (bicyclic) bond motifs is 1. The number of hydrogen-bond acceptors (Lipinski definition) is 5. The lowest BCUT2D eigenvalue weighted by atomic mass is 9.47. The number of hydrogen-bond donors (Lipinski definition) is 2. The quantitative estimate of drug-likeness (QED) is 0.339. The molecule has 10 heteroatoms. The first-order valence-electron chi connectivity index (χ1n) is 15.1. The molecular weight excluding hydrogens is 549 g/mol. The van der Waals surface area contributed by atoms with E-state index in [2.05, 4.69) is 26.8 Å². The first-order chi connectivity index (χ1) is 19.7. The van der Waals surface area contributed by atoms with Gasteiger partial charge in [-0.25, -0.2) is 17.2 Å². The molecule has 0 amide bonds. The van der Waals surface area contributed by atoms with Crippen molar-refractivity contribution in [1.82, 2.24) is 9.80 Å². The maximum atomic E-state index is 15.9. The van der Waals surface area contributed by atoms with Gasteiger partial charge in [-0.2, -0.15) is 0 Å². The van der Waals surface area contributed by atoms with Crippen LogP contribution in [0, 0.1) is 29.4 Å². The highest BCUT2D eigenvalue weighted by molar-refractivity contribution is 7.92. The number of anilines is 2. The maximum absolute atomic E-state index is 15.9. The minimum absolute atomic E-state index is 0.0313. The predicted octanol–water partition coefficient (Wildman–Crippen LogP) is 5.56. The van der Waals surface area contributed by atoms with E-state index < -0.39 is 27.7 Å². The van der Waals surface area contributed by atoms with E-state index in [1.807, 2.05) is 12.1 Å². The van der Waals surface area contributed by atoms with E-state index >= 15 is 8.78 Å². The maximum Gasteiger partial charge on any atom is 0.232 e. The predicted molar refractivity (Wildman–Crippen MR) is 156 cm³/mol. The Morgan fingerprint density at radius 3 is 2.32 bits per heavy atom. The second-order valence-electron chi connectivity index (χ2n) is 12.6. The largest absolute Gasteiger partial charge is 0.380 e. The minimum Gasteiger partial charge on any atom is -0.380 e. The third-order valence-corrected chi connectivity index (χ3v) is 11.2. The fourth-order valence-corrected chi connectivity index (χ4v) is 8.00. The van der Waals surface area contributed by atoms with Crippen molar-refractivity contribution in [2.24, 2.45) is 17.8 Å². The minimum atomic E-state index is -3.45. The average molecular weight is 591 g/mol. The Bertz CT molecular complexity index is 1350. The third kappa shape index (κ3) is 5.71. The van der Waals surface area contributed by atoms with E-state index in [4.69, 9.17) is 0 Å². The second-order valence-corrected chi connectivity index (χ2v) is 14.6. The van der Waals surface area contributed by atoms with Gasteiger partial charge in [0.25, 0.3) is 0 Å².